The van der Waals surface area contributed by atoms with Crippen molar-refractivity contribution in [2.75, 3.05) is 13.1 Å². The Balaban J connectivity index is 3.00. The first-order chi connectivity index (χ1) is 8.43. The van der Waals surface area contributed by atoms with Gasteiger partial charge in [-0.1, -0.05) is 6.08 Å². The Morgan fingerprint density at radius 3 is 2.22 bits per heavy atom. The Labute approximate surface area is 103 Å². The number of hydrogen-bond donors (Lipinski definition) is 3. The van der Waals surface area contributed by atoms with E-state index in [0.717, 1.165) is 23.1 Å². The van der Waals surface area contributed by atoms with Gasteiger partial charge in [0.15, 0.2) is 0 Å². The highest BCUT2D eigenvalue weighted by Gasteiger charge is 2.18. The van der Waals surface area contributed by atoms with Gasteiger partial charge >= 0.3 is 5.97 Å². The second-order valence-electron chi connectivity index (χ2n) is 3.61. The van der Waals surface area contributed by atoms with Crippen LogP contribution in [0.1, 0.15) is 10.4 Å². The minimum absolute atomic E-state index is 0.00981. The smallest absolute Gasteiger partial charge is 0.323 e. The van der Waals surface area contributed by atoms with Crippen LogP contribution in [-0.4, -0.2) is 45.2 Å². The average Bonchev–Trinajstić information content (AvgIpc) is 2.25. The molecule has 0 saturated carbocycles. The lowest BCUT2D eigenvalue weighted by Gasteiger charge is -2.19. The molecule has 1 aromatic carbocycles. The van der Waals surface area contributed by atoms with Crippen LogP contribution in [0.3, 0.4) is 0 Å². The van der Waals surface area contributed by atoms with Gasteiger partial charge in [0, 0.05) is 18.2 Å². The zero-order valence-electron chi connectivity index (χ0n) is 9.54. The number of amides is 1. The molecule has 18 heavy (non-hydrogen) atoms. The number of rotatable bonds is 5. The maximum absolute atomic E-state index is 12.0. The van der Waals surface area contributed by atoms with Crippen molar-refractivity contribution in [1.82, 2.24) is 4.90 Å². The zero-order chi connectivity index (χ0) is 13.7. The summed E-state index contributed by atoms with van der Waals surface area (Å²) in [6.07, 6.45) is 1.39. The molecule has 0 aliphatic heterocycles. The van der Waals surface area contributed by atoms with Crippen LogP contribution < -0.4 is 0 Å². The molecule has 3 N–H and O–H groups in total. The van der Waals surface area contributed by atoms with Crippen LogP contribution in [0.5, 0.6) is 11.5 Å². The predicted octanol–water partition coefficient (Wildman–Crippen LogP) is 0.811. The van der Waals surface area contributed by atoms with E-state index in [0.29, 0.717) is 0 Å². The molecular weight excluding hydrogens is 238 g/mol. The van der Waals surface area contributed by atoms with E-state index >= 15 is 0 Å². The van der Waals surface area contributed by atoms with Crippen LogP contribution in [0.15, 0.2) is 30.9 Å². The summed E-state index contributed by atoms with van der Waals surface area (Å²) in [5, 5.41) is 27.2. The van der Waals surface area contributed by atoms with Crippen molar-refractivity contribution in [3.05, 3.63) is 36.4 Å². The third kappa shape index (κ3) is 3.51. The van der Waals surface area contributed by atoms with Crippen molar-refractivity contribution in [2.45, 2.75) is 0 Å². The van der Waals surface area contributed by atoms with Crippen molar-refractivity contribution in [3.8, 4) is 11.5 Å². The number of phenolic OH excluding ortho intramolecular Hbond substituents is 2. The summed E-state index contributed by atoms with van der Waals surface area (Å²) in [7, 11) is 0. The molecule has 0 aliphatic rings. The molecule has 0 bridgehead atoms. The van der Waals surface area contributed by atoms with E-state index in [1.807, 2.05) is 0 Å². The van der Waals surface area contributed by atoms with E-state index in [1.165, 1.54) is 6.08 Å². The SMILES string of the molecule is C=CCN(CC(=O)O)C(=O)c1cc(O)cc(O)c1. The van der Waals surface area contributed by atoms with Gasteiger partial charge in [0.05, 0.1) is 0 Å². The lowest BCUT2D eigenvalue weighted by molar-refractivity contribution is -0.137. The van der Waals surface area contributed by atoms with E-state index in [1.54, 1.807) is 0 Å². The zero-order valence-corrected chi connectivity index (χ0v) is 9.54. The third-order valence-electron chi connectivity index (χ3n) is 2.11. The molecule has 0 atom stereocenters. The maximum atomic E-state index is 12.0. The number of carbonyl (C=O) groups excluding carboxylic acids is 1. The van der Waals surface area contributed by atoms with Gasteiger partial charge in [-0.25, -0.2) is 0 Å². The van der Waals surface area contributed by atoms with Gasteiger partial charge in [-0.15, -0.1) is 6.58 Å². The van der Waals surface area contributed by atoms with Crippen molar-refractivity contribution in [1.29, 1.82) is 0 Å². The largest absolute Gasteiger partial charge is 0.508 e. The van der Waals surface area contributed by atoms with E-state index in [2.05, 4.69) is 6.58 Å². The molecule has 0 unspecified atom stereocenters. The number of aliphatic carboxylic acids is 1. The molecule has 96 valence electrons. The van der Waals surface area contributed by atoms with E-state index in [4.69, 9.17) is 5.11 Å². The van der Waals surface area contributed by atoms with Crippen LogP contribution >= 0.6 is 0 Å². The minimum atomic E-state index is -1.16. The molecule has 0 spiro atoms. The molecule has 6 heteroatoms. The number of hydrogen-bond acceptors (Lipinski definition) is 4. The molecule has 0 saturated heterocycles. The molecule has 1 aromatic rings. The lowest BCUT2D eigenvalue weighted by Crippen LogP contribution is -2.35. The maximum Gasteiger partial charge on any atom is 0.323 e. The molecule has 0 aromatic heterocycles. The molecule has 0 radical (unpaired) electrons. The van der Waals surface area contributed by atoms with Gasteiger partial charge in [-0.05, 0) is 12.1 Å². The van der Waals surface area contributed by atoms with Crippen LogP contribution in [0.25, 0.3) is 0 Å². The van der Waals surface area contributed by atoms with Gasteiger partial charge in [0.25, 0.3) is 5.91 Å². The number of phenols is 2. The van der Waals surface area contributed by atoms with Crippen LogP contribution in [-0.2, 0) is 4.79 Å². The summed E-state index contributed by atoms with van der Waals surface area (Å²) >= 11 is 0. The van der Waals surface area contributed by atoms with Gasteiger partial charge < -0.3 is 20.2 Å². The fourth-order valence-corrected chi connectivity index (χ4v) is 1.44. The van der Waals surface area contributed by atoms with E-state index in [9.17, 15) is 19.8 Å². The lowest BCUT2D eigenvalue weighted by atomic mass is 10.1. The Kier molecular flexibility index (Phi) is 4.31. The number of carboxylic acid groups (broad SMARTS) is 1. The van der Waals surface area contributed by atoms with Gasteiger partial charge in [0.1, 0.15) is 18.0 Å². The first-order valence-electron chi connectivity index (χ1n) is 5.09. The Bertz CT molecular complexity index is 463. The van der Waals surface area contributed by atoms with Gasteiger partial charge in [0.2, 0.25) is 0 Å². The van der Waals surface area contributed by atoms with E-state index in [-0.39, 0.29) is 23.6 Å². The molecule has 0 aliphatic carbocycles. The standard InChI is InChI=1S/C12H13NO5/c1-2-3-13(7-11(16)17)12(18)8-4-9(14)6-10(15)5-8/h2,4-6,14-15H,1,3,7H2,(H,16,17). The van der Waals surface area contributed by atoms with Crippen LogP contribution in [0.2, 0.25) is 0 Å². The number of nitrogens with zero attached hydrogens (tertiary/aromatic N) is 1. The normalized spacial score (nSPS) is 9.78. The Hall–Kier alpha value is -2.50. The first-order valence-corrected chi connectivity index (χ1v) is 5.09. The summed E-state index contributed by atoms with van der Waals surface area (Å²) in [6, 6.07) is 3.38. The number of carbonyl (C=O) groups is 2. The molecular formula is C12H13NO5. The van der Waals surface area contributed by atoms with Crippen LogP contribution in [0, 0.1) is 0 Å². The fourth-order valence-electron chi connectivity index (χ4n) is 1.44. The van der Waals surface area contributed by atoms with E-state index < -0.39 is 18.4 Å². The molecule has 0 heterocycles. The number of benzene rings is 1. The predicted molar refractivity (Wildman–Crippen MR) is 63.5 cm³/mol. The van der Waals surface area contributed by atoms with Crippen molar-refractivity contribution in [2.24, 2.45) is 0 Å². The van der Waals surface area contributed by atoms with Gasteiger partial charge in [-0.2, -0.15) is 0 Å². The summed E-state index contributed by atoms with van der Waals surface area (Å²) in [6.45, 7) is 3.01. The summed E-state index contributed by atoms with van der Waals surface area (Å²) in [5.74, 6) is -2.31. The quantitative estimate of drug-likeness (QED) is 0.673. The summed E-state index contributed by atoms with van der Waals surface area (Å²) < 4.78 is 0. The highest BCUT2D eigenvalue weighted by molar-refractivity contribution is 5.96. The molecule has 6 nitrogen and oxygen atoms in total. The third-order valence-corrected chi connectivity index (χ3v) is 2.11. The topological polar surface area (TPSA) is 98.1 Å². The molecule has 1 amide bonds. The van der Waals surface area contributed by atoms with Crippen LogP contribution in [0.4, 0.5) is 0 Å². The van der Waals surface area contributed by atoms with Crippen molar-refractivity contribution in [3.63, 3.8) is 0 Å². The summed E-state index contributed by atoms with van der Waals surface area (Å²) in [5.41, 5.74) is 0.00981. The molecule has 1 rings (SSSR count). The van der Waals surface area contributed by atoms with Gasteiger partial charge in [-0.3, -0.25) is 9.59 Å². The first kappa shape index (κ1) is 13.6. The Morgan fingerprint density at radius 1 is 1.22 bits per heavy atom. The summed E-state index contributed by atoms with van der Waals surface area (Å²) in [4.78, 5) is 23.6. The number of carboxylic acids is 1. The van der Waals surface area contributed by atoms with Crippen molar-refractivity contribution >= 4 is 11.9 Å². The van der Waals surface area contributed by atoms with Crippen molar-refractivity contribution < 1.29 is 24.9 Å². The highest BCUT2D eigenvalue weighted by atomic mass is 16.4. The second kappa shape index (κ2) is 5.72. The highest BCUT2D eigenvalue weighted by Crippen LogP contribution is 2.21. The average molecular weight is 251 g/mol. The Morgan fingerprint density at radius 2 is 1.78 bits per heavy atom. The second-order valence-corrected chi connectivity index (χ2v) is 3.61. The molecule has 0 fully saturated rings. The number of aromatic hydroxyl groups is 2. The fraction of sp³-hybridized carbons (Fsp3) is 0.167. The minimum Gasteiger partial charge on any atom is -0.508 e. The monoisotopic (exact) mass is 251 g/mol.